The molecule has 3 N–H and O–H groups in total. The lowest BCUT2D eigenvalue weighted by atomic mass is 10.1. The first-order valence-electron chi connectivity index (χ1n) is 9.45. The van der Waals surface area contributed by atoms with Crippen molar-refractivity contribution >= 4 is 11.8 Å². The van der Waals surface area contributed by atoms with Gasteiger partial charge < -0.3 is 19.5 Å². The van der Waals surface area contributed by atoms with E-state index in [2.05, 4.69) is 24.5 Å². The van der Waals surface area contributed by atoms with Crippen LogP contribution in [-0.2, 0) is 20.4 Å². The number of halogens is 3. The fourth-order valence-electron chi connectivity index (χ4n) is 3.50. The molecule has 2 aliphatic rings. The predicted molar refractivity (Wildman–Crippen MR) is 94.9 cm³/mol. The van der Waals surface area contributed by atoms with E-state index in [9.17, 15) is 18.0 Å². The van der Waals surface area contributed by atoms with E-state index in [-0.39, 0.29) is 30.5 Å². The van der Waals surface area contributed by atoms with Crippen LogP contribution < -0.4 is 10.6 Å². The van der Waals surface area contributed by atoms with Crippen LogP contribution in [0.3, 0.4) is 0 Å². The highest BCUT2D eigenvalue weighted by Crippen LogP contribution is 2.31. The van der Waals surface area contributed by atoms with Crippen LogP contribution in [0.5, 0.6) is 0 Å². The number of alkyl halides is 3. The zero-order valence-electron chi connectivity index (χ0n) is 15.9. The number of fused-ring (bicyclic) bond motifs is 1. The largest absolute Gasteiger partial charge is 0.441 e. The van der Waals surface area contributed by atoms with E-state index in [1.807, 2.05) is 0 Å². The highest BCUT2D eigenvalue weighted by Gasteiger charge is 2.51. The van der Waals surface area contributed by atoms with Gasteiger partial charge in [-0.15, -0.1) is 0 Å². The molecular formula is C19H26F3N2O4+. The SMILES string of the molecule is CC(C)CC[NH2+][C@H]1CO[C@H]2[C@@H]1OC[C@H]2OC(=O)Nc1cccc(C(F)(F)F)c1. The van der Waals surface area contributed by atoms with Gasteiger partial charge in [-0.2, -0.15) is 13.2 Å². The summed E-state index contributed by atoms with van der Waals surface area (Å²) in [7, 11) is 0. The average molecular weight is 403 g/mol. The summed E-state index contributed by atoms with van der Waals surface area (Å²) in [6.07, 6.45) is -5.31. The van der Waals surface area contributed by atoms with Crippen molar-refractivity contribution in [1.82, 2.24) is 0 Å². The molecule has 6 nitrogen and oxygen atoms in total. The Morgan fingerprint density at radius 2 is 2.04 bits per heavy atom. The summed E-state index contributed by atoms with van der Waals surface area (Å²) in [5, 5.41) is 4.54. The van der Waals surface area contributed by atoms with Gasteiger partial charge in [0.1, 0.15) is 24.9 Å². The van der Waals surface area contributed by atoms with Crippen molar-refractivity contribution in [2.45, 2.75) is 50.8 Å². The van der Waals surface area contributed by atoms with Crippen molar-refractivity contribution in [3.63, 3.8) is 0 Å². The van der Waals surface area contributed by atoms with Crippen LogP contribution in [0, 0.1) is 5.92 Å². The first kappa shape index (κ1) is 20.9. The molecule has 4 atom stereocenters. The van der Waals surface area contributed by atoms with Gasteiger partial charge in [0.25, 0.3) is 0 Å². The van der Waals surface area contributed by atoms with Gasteiger partial charge in [0.05, 0.1) is 18.7 Å². The summed E-state index contributed by atoms with van der Waals surface area (Å²) in [5.74, 6) is 0.620. The molecule has 0 aromatic heterocycles. The number of nitrogens with two attached hydrogens (primary N) is 1. The Balaban J connectivity index is 1.51. The second-order valence-electron chi connectivity index (χ2n) is 7.61. The van der Waals surface area contributed by atoms with Gasteiger partial charge in [-0.05, 0) is 30.5 Å². The number of rotatable bonds is 6. The molecule has 1 amide bonds. The predicted octanol–water partition coefficient (Wildman–Crippen LogP) is 2.40. The zero-order chi connectivity index (χ0) is 20.3. The molecule has 2 aliphatic heterocycles. The maximum atomic E-state index is 12.8. The summed E-state index contributed by atoms with van der Waals surface area (Å²) >= 11 is 0. The molecule has 2 heterocycles. The highest BCUT2D eigenvalue weighted by atomic mass is 19.4. The van der Waals surface area contributed by atoms with Gasteiger partial charge in [-0.1, -0.05) is 19.9 Å². The molecule has 156 valence electrons. The lowest BCUT2D eigenvalue weighted by Crippen LogP contribution is -2.93. The summed E-state index contributed by atoms with van der Waals surface area (Å²) in [4.78, 5) is 12.1. The zero-order valence-corrected chi connectivity index (χ0v) is 15.9. The molecule has 0 aliphatic carbocycles. The molecular weight excluding hydrogens is 377 g/mol. The number of ether oxygens (including phenoxy) is 3. The van der Waals surface area contributed by atoms with Crippen LogP contribution in [-0.4, -0.2) is 50.2 Å². The third-order valence-corrected chi connectivity index (χ3v) is 4.95. The molecule has 3 rings (SSSR count). The monoisotopic (exact) mass is 403 g/mol. The van der Waals surface area contributed by atoms with Gasteiger partial charge in [0.15, 0.2) is 6.10 Å². The van der Waals surface area contributed by atoms with E-state index in [1.54, 1.807) is 0 Å². The second-order valence-corrected chi connectivity index (χ2v) is 7.61. The third-order valence-electron chi connectivity index (χ3n) is 4.95. The second kappa shape index (κ2) is 8.67. The van der Waals surface area contributed by atoms with Crippen LogP contribution in [0.4, 0.5) is 23.7 Å². The lowest BCUT2D eigenvalue weighted by Gasteiger charge is -2.17. The van der Waals surface area contributed by atoms with Gasteiger partial charge in [0.2, 0.25) is 0 Å². The summed E-state index contributed by atoms with van der Waals surface area (Å²) in [6.45, 7) is 6.03. The molecule has 1 aromatic rings. The first-order valence-corrected chi connectivity index (χ1v) is 9.45. The molecule has 0 unspecified atom stereocenters. The molecule has 2 fully saturated rings. The number of anilines is 1. The number of quaternary nitrogens is 1. The topological polar surface area (TPSA) is 73.4 Å². The van der Waals surface area contributed by atoms with Crippen LogP contribution in [0.15, 0.2) is 24.3 Å². The molecule has 1 aromatic carbocycles. The van der Waals surface area contributed by atoms with Gasteiger partial charge in [-0.25, -0.2) is 4.79 Å². The quantitative estimate of drug-likeness (QED) is 0.765. The van der Waals surface area contributed by atoms with Crippen LogP contribution in [0.2, 0.25) is 0 Å². The number of hydrogen-bond donors (Lipinski definition) is 2. The third kappa shape index (κ3) is 5.15. The van der Waals surface area contributed by atoms with Crippen LogP contribution in [0.1, 0.15) is 25.8 Å². The number of benzene rings is 1. The van der Waals surface area contributed by atoms with Crippen molar-refractivity contribution in [3.8, 4) is 0 Å². The molecule has 0 bridgehead atoms. The molecule has 0 radical (unpaired) electrons. The Bertz CT molecular complexity index is 683. The Morgan fingerprint density at radius 3 is 2.75 bits per heavy atom. The Morgan fingerprint density at radius 1 is 1.29 bits per heavy atom. The standard InChI is InChI=1S/C19H25F3N2O4/c1-11(2)6-7-23-14-9-26-17-15(10-27-16(14)17)28-18(25)24-13-5-3-4-12(8-13)19(20,21)22/h3-5,8,11,14-17,23H,6-7,9-10H2,1-2H3,(H,24,25)/p+1/t14-,15+,16+,17+/m0/s1. The smallest absolute Gasteiger partial charge is 0.416 e. The van der Waals surface area contributed by atoms with E-state index in [0.717, 1.165) is 25.1 Å². The van der Waals surface area contributed by atoms with Gasteiger partial charge in [0, 0.05) is 5.69 Å². The Hall–Kier alpha value is -1.84. The molecule has 0 spiro atoms. The Kier molecular flexibility index (Phi) is 6.47. The maximum absolute atomic E-state index is 12.8. The number of carbonyl (C=O) groups excluding carboxylic acids is 1. The van der Waals surface area contributed by atoms with E-state index >= 15 is 0 Å². The fourth-order valence-corrected chi connectivity index (χ4v) is 3.50. The first-order chi connectivity index (χ1) is 13.2. The van der Waals surface area contributed by atoms with Gasteiger partial charge >= 0.3 is 12.3 Å². The van der Waals surface area contributed by atoms with Crippen LogP contribution >= 0.6 is 0 Å². The molecule has 28 heavy (non-hydrogen) atoms. The van der Waals surface area contributed by atoms with Crippen molar-refractivity contribution in [1.29, 1.82) is 0 Å². The molecule has 0 saturated carbocycles. The fraction of sp³-hybridized carbons (Fsp3) is 0.632. The number of hydrogen-bond acceptors (Lipinski definition) is 4. The Labute approximate surface area is 161 Å². The summed E-state index contributed by atoms with van der Waals surface area (Å²) in [6, 6.07) is 4.56. The van der Waals surface area contributed by atoms with Crippen molar-refractivity contribution in [2.24, 2.45) is 5.92 Å². The molecule has 2 saturated heterocycles. The maximum Gasteiger partial charge on any atom is 0.416 e. The van der Waals surface area contributed by atoms with Crippen LogP contribution in [0.25, 0.3) is 0 Å². The van der Waals surface area contributed by atoms with E-state index < -0.39 is 23.9 Å². The minimum absolute atomic E-state index is 0.0162. The van der Waals surface area contributed by atoms with Crippen molar-refractivity contribution in [2.75, 3.05) is 25.1 Å². The minimum atomic E-state index is -4.48. The average Bonchev–Trinajstić information content (AvgIpc) is 3.18. The van der Waals surface area contributed by atoms with Crippen molar-refractivity contribution < 1.29 is 37.5 Å². The number of nitrogens with one attached hydrogen (secondary N) is 1. The van der Waals surface area contributed by atoms with E-state index in [0.29, 0.717) is 12.5 Å². The number of amides is 1. The summed E-state index contributed by atoms with van der Waals surface area (Å²) < 4.78 is 55.2. The normalized spacial score (nSPS) is 27.1. The van der Waals surface area contributed by atoms with Gasteiger partial charge in [-0.3, -0.25) is 5.32 Å². The van der Waals surface area contributed by atoms with E-state index in [4.69, 9.17) is 14.2 Å². The van der Waals surface area contributed by atoms with E-state index in [1.165, 1.54) is 12.1 Å². The minimum Gasteiger partial charge on any atom is -0.441 e. The number of carbonyl (C=O) groups is 1. The summed E-state index contributed by atoms with van der Waals surface area (Å²) in [5.41, 5.74) is -0.823. The lowest BCUT2D eigenvalue weighted by molar-refractivity contribution is -0.693. The van der Waals surface area contributed by atoms with Crippen molar-refractivity contribution in [3.05, 3.63) is 29.8 Å². The molecule has 9 heteroatoms. The highest BCUT2D eigenvalue weighted by molar-refractivity contribution is 5.84.